The molecule has 2 aromatic rings. The molecule has 0 atom stereocenters. The second-order valence-corrected chi connectivity index (χ2v) is 4.31. The average Bonchev–Trinajstić information content (AvgIpc) is 2.53. The summed E-state index contributed by atoms with van der Waals surface area (Å²) >= 11 is 0. The third-order valence-electron chi connectivity index (χ3n) is 2.88. The molecule has 2 aromatic carbocycles. The Labute approximate surface area is 117 Å². The SMILES string of the molecule is C/C(=N\O)c1ccc(OCc2cccc(C#N)c2)cc1. The first-order valence-corrected chi connectivity index (χ1v) is 6.14. The van der Waals surface area contributed by atoms with Gasteiger partial charge in [0.1, 0.15) is 12.4 Å². The van der Waals surface area contributed by atoms with Crippen molar-refractivity contribution in [3.63, 3.8) is 0 Å². The third kappa shape index (κ3) is 3.36. The minimum atomic E-state index is 0.405. The van der Waals surface area contributed by atoms with Crippen LogP contribution in [0.5, 0.6) is 5.75 Å². The van der Waals surface area contributed by atoms with Crippen molar-refractivity contribution in [1.82, 2.24) is 0 Å². The molecule has 0 unspecified atom stereocenters. The van der Waals surface area contributed by atoms with Crippen molar-refractivity contribution in [2.75, 3.05) is 0 Å². The van der Waals surface area contributed by atoms with Crippen LogP contribution in [0, 0.1) is 11.3 Å². The van der Waals surface area contributed by atoms with Gasteiger partial charge in [-0.15, -0.1) is 0 Å². The van der Waals surface area contributed by atoms with Crippen LogP contribution in [0.2, 0.25) is 0 Å². The summed E-state index contributed by atoms with van der Waals surface area (Å²) in [5.74, 6) is 0.724. The van der Waals surface area contributed by atoms with Crippen molar-refractivity contribution in [2.24, 2.45) is 5.16 Å². The molecule has 0 fully saturated rings. The number of ether oxygens (including phenoxy) is 1. The summed E-state index contributed by atoms with van der Waals surface area (Å²) in [7, 11) is 0. The van der Waals surface area contributed by atoms with E-state index in [2.05, 4.69) is 11.2 Å². The first-order chi connectivity index (χ1) is 9.72. The predicted molar refractivity (Wildman–Crippen MR) is 75.9 cm³/mol. The van der Waals surface area contributed by atoms with Crippen molar-refractivity contribution in [1.29, 1.82) is 5.26 Å². The van der Waals surface area contributed by atoms with E-state index < -0.39 is 0 Å². The van der Waals surface area contributed by atoms with Gasteiger partial charge in [-0.3, -0.25) is 0 Å². The normalized spacial score (nSPS) is 10.9. The molecule has 0 bridgehead atoms. The number of benzene rings is 2. The number of hydrogen-bond donors (Lipinski definition) is 1. The molecule has 4 heteroatoms. The fraction of sp³-hybridized carbons (Fsp3) is 0.125. The Kier molecular flexibility index (Phi) is 4.35. The molecule has 20 heavy (non-hydrogen) atoms. The Hall–Kier alpha value is -2.80. The van der Waals surface area contributed by atoms with Gasteiger partial charge in [-0.1, -0.05) is 17.3 Å². The summed E-state index contributed by atoms with van der Waals surface area (Å²) in [6, 6.07) is 16.7. The summed E-state index contributed by atoms with van der Waals surface area (Å²) in [5, 5.41) is 20.7. The third-order valence-corrected chi connectivity index (χ3v) is 2.88. The topological polar surface area (TPSA) is 65.6 Å². The summed E-state index contributed by atoms with van der Waals surface area (Å²) in [6.45, 7) is 2.13. The van der Waals surface area contributed by atoms with E-state index in [9.17, 15) is 0 Å². The molecule has 0 saturated carbocycles. The molecular weight excluding hydrogens is 252 g/mol. The van der Waals surface area contributed by atoms with Gasteiger partial charge in [-0.2, -0.15) is 5.26 Å². The van der Waals surface area contributed by atoms with Gasteiger partial charge in [0, 0.05) is 0 Å². The number of oxime groups is 1. The van der Waals surface area contributed by atoms with Gasteiger partial charge in [-0.05, 0) is 54.4 Å². The second kappa shape index (κ2) is 6.39. The van der Waals surface area contributed by atoms with E-state index in [1.165, 1.54) is 0 Å². The summed E-state index contributed by atoms with van der Waals surface area (Å²) < 4.78 is 5.65. The summed E-state index contributed by atoms with van der Waals surface area (Å²) in [6.07, 6.45) is 0. The second-order valence-electron chi connectivity index (χ2n) is 4.31. The van der Waals surface area contributed by atoms with E-state index in [1.807, 2.05) is 36.4 Å². The molecule has 0 amide bonds. The zero-order valence-electron chi connectivity index (χ0n) is 11.1. The standard InChI is InChI=1S/C16H14N2O2/c1-12(18-19)15-5-7-16(8-6-15)20-11-14-4-2-3-13(9-14)10-17/h2-9,19H,11H2,1H3/b18-12+. The minimum Gasteiger partial charge on any atom is -0.489 e. The Bertz CT molecular complexity index is 655. The molecule has 4 nitrogen and oxygen atoms in total. The molecule has 0 aromatic heterocycles. The highest BCUT2D eigenvalue weighted by Crippen LogP contribution is 2.15. The monoisotopic (exact) mass is 266 g/mol. The highest BCUT2D eigenvalue weighted by Gasteiger charge is 2.00. The van der Waals surface area contributed by atoms with Crippen molar-refractivity contribution in [3.05, 3.63) is 65.2 Å². The molecule has 0 radical (unpaired) electrons. The first kappa shape index (κ1) is 13.6. The van der Waals surface area contributed by atoms with E-state index in [4.69, 9.17) is 15.2 Å². The highest BCUT2D eigenvalue weighted by atomic mass is 16.5. The molecule has 0 saturated heterocycles. The van der Waals surface area contributed by atoms with Gasteiger partial charge < -0.3 is 9.94 Å². The van der Waals surface area contributed by atoms with Crippen LogP contribution in [-0.2, 0) is 6.61 Å². The first-order valence-electron chi connectivity index (χ1n) is 6.14. The molecule has 0 aliphatic carbocycles. The van der Waals surface area contributed by atoms with Gasteiger partial charge in [0.2, 0.25) is 0 Å². The highest BCUT2D eigenvalue weighted by molar-refractivity contribution is 5.98. The predicted octanol–water partition coefficient (Wildman–Crippen LogP) is 3.34. The fourth-order valence-electron chi connectivity index (χ4n) is 1.75. The summed E-state index contributed by atoms with van der Waals surface area (Å²) in [4.78, 5) is 0. The molecule has 0 aliphatic heterocycles. The van der Waals surface area contributed by atoms with Crippen LogP contribution in [0.15, 0.2) is 53.7 Å². The van der Waals surface area contributed by atoms with Crippen molar-refractivity contribution < 1.29 is 9.94 Å². The Morgan fingerprint density at radius 3 is 2.65 bits per heavy atom. The lowest BCUT2D eigenvalue weighted by atomic mass is 10.1. The quantitative estimate of drug-likeness (QED) is 0.524. The molecule has 2 rings (SSSR count). The Morgan fingerprint density at radius 1 is 1.25 bits per heavy atom. The van der Waals surface area contributed by atoms with Crippen LogP contribution in [-0.4, -0.2) is 10.9 Å². The van der Waals surface area contributed by atoms with Gasteiger partial charge in [0.05, 0.1) is 17.3 Å². The number of rotatable bonds is 4. The van der Waals surface area contributed by atoms with Crippen molar-refractivity contribution in [3.8, 4) is 11.8 Å². The maximum absolute atomic E-state index is 8.83. The van der Waals surface area contributed by atoms with E-state index in [-0.39, 0.29) is 0 Å². The van der Waals surface area contributed by atoms with Crippen LogP contribution >= 0.6 is 0 Å². The van der Waals surface area contributed by atoms with Gasteiger partial charge in [0.25, 0.3) is 0 Å². The lowest BCUT2D eigenvalue weighted by Crippen LogP contribution is -1.97. The average molecular weight is 266 g/mol. The van der Waals surface area contributed by atoms with Gasteiger partial charge in [-0.25, -0.2) is 0 Å². The Morgan fingerprint density at radius 2 is 2.00 bits per heavy atom. The molecule has 0 heterocycles. The number of nitrogens with zero attached hydrogens (tertiary/aromatic N) is 2. The fourth-order valence-corrected chi connectivity index (χ4v) is 1.75. The van der Waals surface area contributed by atoms with Crippen LogP contribution in [0.4, 0.5) is 0 Å². The minimum absolute atomic E-state index is 0.405. The number of nitriles is 1. The maximum atomic E-state index is 8.83. The lowest BCUT2D eigenvalue weighted by Gasteiger charge is -2.07. The zero-order valence-corrected chi connectivity index (χ0v) is 11.1. The molecular formula is C16H14N2O2. The molecule has 100 valence electrons. The van der Waals surface area contributed by atoms with Crippen LogP contribution in [0.25, 0.3) is 0 Å². The molecule has 0 spiro atoms. The van der Waals surface area contributed by atoms with Crippen LogP contribution in [0.3, 0.4) is 0 Å². The van der Waals surface area contributed by atoms with Gasteiger partial charge in [0.15, 0.2) is 0 Å². The molecule has 0 aliphatic rings. The maximum Gasteiger partial charge on any atom is 0.119 e. The van der Waals surface area contributed by atoms with Crippen molar-refractivity contribution in [2.45, 2.75) is 13.5 Å². The lowest BCUT2D eigenvalue weighted by molar-refractivity contribution is 0.306. The van der Waals surface area contributed by atoms with Crippen LogP contribution < -0.4 is 4.74 Å². The van der Waals surface area contributed by atoms with E-state index >= 15 is 0 Å². The smallest absolute Gasteiger partial charge is 0.119 e. The van der Waals surface area contributed by atoms with Crippen molar-refractivity contribution >= 4 is 5.71 Å². The van der Waals surface area contributed by atoms with E-state index in [0.717, 1.165) is 16.9 Å². The molecule has 1 N–H and O–H groups in total. The summed E-state index contributed by atoms with van der Waals surface area (Å²) in [5.41, 5.74) is 2.96. The Balaban J connectivity index is 2.02. The number of hydrogen-bond acceptors (Lipinski definition) is 4. The largest absolute Gasteiger partial charge is 0.489 e. The van der Waals surface area contributed by atoms with Crippen LogP contribution in [0.1, 0.15) is 23.6 Å². The van der Waals surface area contributed by atoms with Gasteiger partial charge >= 0.3 is 0 Å². The zero-order chi connectivity index (χ0) is 14.4. The van der Waals surface area contributed by atoms with E-state index in [1.54, 1.807) is 19.1 Å². The van der Waals surface area contributed by atoms with E-state index in [0.29, 0.717) is 17.9 Å².